The highest BCUT2D eigenvalue weighted by Crippen LogP contribution is 2.30. The molecule has 4 rings (SSSR count). The molecule has 1 unspecified atom stereocenters. The van der Waals surface area contributed by atoms with E-state index in [2.05, 4.69) is 20.7 Å². The molecular formula is C19H16BrFN2O4S. The molecule has 9 heteroatoms. The monoisotopic (exact) mass is 466 g/mol. The first-order chi connectivity index (χ1) is 13.5. The molecule has 1 aromatic heterocycles. The number of methoxy groups -OCH3 is 1. The van der Waals surface area contributed by atoms with Crippen LogP contribution in [0.15, 0.2) is 50.2 Å². The molecule has 0 radical (unpaired) electrons. The lowest BCUT2D eigenvalue weighted by Gasteiger charge is -2.33. The van der Waals surface area contributed by atoms with Gasteiger partial charge in [0.05, 0.1) is 12.5 Å². The number of ether oxygens (including phenoxy) is 1. The summed E-state index contributed by atoms with van der Waals surface area (Å²) in [4.78, 5) is 14.8. The van der Waals surface area contributed by atoms with Gasteiger partial charge in [0.1, 0.15) is 22.0 Å². The number of nitrogens with one attached hydrogen (secondary N) is 1. The minimum absolute atomic E-state index is 0.112. The molecule has 2 heterocycles. The quantitative estimate of drug-likeness (QED) is 0.614. The maximum Gasteiger partial charge on any atom is 0.298 e. The molecule has 6 nitrogen and oxygen atoms in total. The van der Waals surface area contributed by atoms with Crippen LogP contribution in [0.3, 0.4) is 0 Å². The number of hydrogen-bond donors (Lipinski definition) is 1. The Balaban J connectivity index is 1.58. The van der Waals surface area contributed by atoms with Gasteiger partial charge < -0.3 is 14.1 Å². The summed E-state index contributed by atoms with van der Waals surface area (Å²) in [5.74, 6) is -0.913. The Labute approximate surface area is 171 Å². The van der Waals surface area contributed by atoms with Crippen LogP contribution in [0.1, 0.15) is 17.0 Å². The van der Waals surface area contributed by atoms with Gasteiger partial charge in [0, 0.05) is 35.4 Å². The van der Waals surface area contributed by atoms with Crippen molar-refractivity contribution >= 4 is 49.5 Å². The van der Waals surface area contributed by atoms with Crippen molar-refractivity contribution < 1.29 is 22.5 Å². The lowest BCUT2D eigenvalue weighted by atomic mass is 10.1. The molecule has 0 saturated carbocycles. The van der Waals surface area contributed by atoms with Crippen LogP contribution >= 0.6 is 15.9 Å². The van der Waals surface area contributed by atoms with E-state index in [4.69, 9.17) is 9.15 Å². The van der Waals surface area contributed by atoms with Crippen LogP contribution < -0.4 is 14.4 Å². The van der Waals surface area contributed by atoms with E-state index in [0.717, 1.165) is 29.7 Å². The number of anilines is 1. The normalized spacial score (nSPS) is 14.6. The Bertz CT molecular complexity index is 1100. The Morgan fingerprint density at radius 1 is 1.29 bits per heavy atom. The number of carbonyl (C=O) groups excluding carboxylic acids is 1. The van der Waals surface area contributed by atoms with E-state index >= 15 is 0 Å². The smallest absolute Gasteiger partial charge is 0.298 e. The third kappa shape index (κ3) is 3.51. The fraction of sp³-hybridized carbons (Fsp3) is 0.211. The first kappa shape index (κ1) is 18.9. The average molecular weight is 467 g/mol. The van der Waals surface area contributed by atoms with E-state index in [9.17, 15) is 13.4 Å². The molecule has 1 amide bonds. The van der Waals surface area contributed by atoms with Gasteiger partial charge >= 0.3 is 0 Å². The molecule has 0 bridgehead atoms. The van der Waals surface area contributed by atoms with Crippen molar-refractivity contribution in [3.63, 3.8) is 0 Å². The summed E-state index contributed by atoms with van der Waals surface area (Å²) >= 11 is 3.31. The van der Waals surface area contributed by atoms with Crippen molar-refractivity contribution in [2.75, 3.05) is 25.1 Å². The van der Waals surface area contributed by atoms with Crippen LogP contribution in [0.25, 0.3) is 11.0 Å². The number of amides is 1. The van der Waals surface area contributed by atoms with Crippen LogP contribution in [0.2, 0.25) is 0 Å². The summed E-state index contributed by atoms with van der Waals surface area (Å²) in [5.41, 5.74) is 1.000. The molecule has 1 atom stereocenters. The molecule has 1 aliphatic rings. The predicted molar refractivity (Wildman–Crippen MR) is 108 cm³/mol. The highest BCUT2D eigenvalue weighted by Gasteiger charge is 2.22. The first-order valence-electron chi connectivity index (χ1n) is 8.50. The molecule has 28 heavy (non-hydrogen) atoms. The summed E-state index contributed by atoms with van der Waals surface area (Å²) in [5, 5.41) is 0.210. The fourth-order valence-corrected chi connectivity index (χ4v) is 4.17. The highest BCUT2D eigenvalue weighted by atomic mass is 79.9. The van der Waals surface area contributed by atoms with E-state index in [1.54, 1.807) is 24.3 Å². The maximum absolute atomic E-state index is 14.4. The van der Waals surface area contributed by atoms with Gasteiger partial charge in [0.25, 0.3) is 5.91 Å². The molecule has 0 spiro atoms. The van der Waals surface area contributed by atoms with Crippen molar-refractivity contribution in [1.82, 2.24) is 4.72 Å². The zero-order chi connectivity index (χ0) is 19.8. The molecule has 2 aromatic carbocycles. The zero-order valence-electron chi connectivity index (χ0n) is 14.8. The van der Waals surface area contributed by atoms with Crippen LogP contribution in [-0.2, 0) is 11.0 Å². The van der Waals surface area contributed by atoms with Crippen molar-refractivity contribution in [2.45, 2.75) is 11.3 Å². The van der Waals surface area contributed by atoms with Gasteiger partial charge in [-0.15, -0.1) is 0 Å². The lowest BCUT2D eigenvalue weighted by Crippen LogP contribution is -2.36. The topological polar surface area (TPSA) is 71.8 Å². The van der Waals surface area contributed by atoms with Crippen LogP contribution in [-0.4, -0.2) is 30.3 Å². The largest absolute Gasteiger partial charge is 0.495 e. The Morgan fingerprint density at radius 3 is 2.75 bits per heavy atom. The molecule has 146 valence electrons. The fourth-order valence-electron chi connectivity index (χ4n) is 2.94. The van der Waals surface area contributed by atoms with Gasteiger partial charge in [-0.1, -0.05) is 15.9 Å². The highest BCUT2D eigenvalue weighted by molar-refractivity contribution is 9.10. The van der Waals surface area contributed by atoms with Gasteiger partial charge in [-0.25, -0.2) is 8.60 Å². The summed E-state index contributed by atoms with van der Waals surface area (Å²) in [6, 6.07) is 9.38. The Hall–Kier alpha value is -2.39. The van der Waals surface area contributed by atoms with Crippen molar-refractivity contribution in [1.29, 1.82) is 0 Å². The summed E-state index contributed by atoms with van der Waals surface area (Å²) in [6.45, 7) is 1.74. The number of carbonyl (C=O) groups is 1. The Morgan fingerprint density at radius 2 is 2.07 bits per heavy atom. The zero-order valence-corrected chi connectivity index (χ0v) is 17.2. The second-order valence-corrected chi connectivity index (χ2v) is 8.38. The van der Waals surface area contributed by atoms with Gasteiger partial charge in [-0.3, -0.25) is 9.52 Å². The van der Waals surface area contributed by atoms with Crippen LogP contribution in [0.4, 0.5) is 10.1 Å². The Kier molecular flexibility index (Phi) is 5.11. The average Bonchev–Trinajstić information content (AvgIpc) is 3.05. The molecular weight excluding hydrogens is 451 g/mol. The number of rotatable bonds is 5. The maximum atomic E-state index is 14.4. The molecule has 0 aliphatic carbocycles. The standard InChI is InChI=1S/C19H16BrFN2O4S/c1-26-16-7-11(20)3-4-18(16)28(25)22-19(24)17-10-13-14(21)8-12(9-15(13)27-17)23-5-2-6-23/h3-4,7-10H,2,5-6H2,1H3,(H,22,24). The van der Waals surface area contributed by atoms with Crippen LogP contribution in [0.5, 0.6) is 5.75 Å². The van der Waals surface area contributed by atoms with Gasteiger partial charge in [0.15, 0.2) is 16.7 Å². The van der Waals surface area contributed by atoms with E-state index in [1.165, 1.54) is 19.2 Å². The number of fused-ring (bicyclic) bond motifs is 1. The number of halogens is 2. The molecule has 1 N–H and O–H groups in total. The lowest BCUT2D eigenvalue weighted by molar-refractivity contribution is 0.0958. The number of benzene rings is 2. The minimum atomic E-state index is -1.87. The predicted octanol–water partition coefficient (Wildman–Crippen LogP) is 4.01. The van der Waals surface area contributed by atoms with E-state index < -0.39 is 22.7 Å². The van der Waals surface area contributed by atoms with E-state index in [-0.39, 0.29) is 16.7 Å². The SMILES string of the molecule is COc1cc(Br)ccc1S(=O)NC(=O)c1cc2c(F)cc(N3CCC3)cc2o1. The summed E-state index contributed by atoms with van der Waals surface area (Å²) < 4.78 is 40.8. The van der Waals surface area contributed by atoms with Crippen molar-refractivity contribution in [3.05, 3.63) is 52.4 Å². The number of nitrogens with zero attached hydrogens (tertiary/aromatic N) is 1. The second kappa shape index (κ2) is 7.56. The second-order valence-electron chi connectivity index (χ2n) is 6.29. The van der Waals surface area contributed by atoms with Gasteiger partial charge in [-0.05, 0) is 30.7 Å². The van der Waals surface area contributed by atoms with E-state index in [0.29, 0.717) is 10.6 Å². The summed E-state index contributed by atoms with van der Waals surface area (Å²) in [6.07, 6.45) is 1.07. The molecule has 1 fully saturated rings. The minimum Gasteiger partial charge on any atom is -0.495 e. The van der Waals surface area contributed by atoms with E-state index in [1.807, 2.05) is 4.90 Å². The van der Waals surface area contributed by atoms with Gasteiger partial charge in [0.2, 0.25) is 0 Å². The number of hydrogen-bond acceptors (Lipinski definition) is 5. The third-order valence-electron chi connectivity index (χ3n) is 4.53. The first-order valence-corrected chi connectivity index (χ1v) is 10.4. The third-order valence-corrected chi connectivity index (χ3v) is 6.13. The van der Waals surface area contributed by atoms with Crippen molar-refractivity contribution in [2.24, 2.45) is 0 Å². The molecule has 1 aliphatic heterocycles. The van der Waals surface area contributed by atoms with Gasteiger partial charge in [-0.2, -0.15) is 0 Å². The molecule has 3 aromatic rings. The molecule has 1 saturated heterocycles. The van der Waals surface area contributed by atoms with Crippen LogP contribution in [0, 0.1) is 5.82 Å². The summed E-state index contributed by atoms with van der Waals surface area (Å²) in [7, 11) is -0.426. The number of furan rings is 1. The van der Waals surface area contributed by atoms with Crippen molar-refractivity contribution in [3.8, 4) is 5.75 Å².